The zero-order valence-electron chi connectivity index (χ0n) is 9.89. The first kappa shape index (κ1) is 13.6. The van der Waals surface area contributed by atoms with Crippen molar-refractivity contribution in [3.05, 3.63) is 11.6 Å². The Morgan fingerprint density at radius 3 is 2.50 bits per heavy atom. The second-order valence-electron chi connectivity index (χ2n) is 5.07. The fraction of sp³-hybridized carbons (Fsp3) is 0.846. The van der Waals surface area contributed by atoms with Crippen LogP contribution in [0.1, 0.15) is 45.4 Å². The average Bonchev–Trinajstić information content (AvgIpc) is 2.27. The molecule has 0 radical (unpaired) electrons. The minimum atomic E-state index is -1.25. The lowest BCUT2D eigenvalue weighted by atomic mass is 9.74. The molecule has 0 aromatic rings. The maximum atomic E-state index is 13.9. The summed E-state index contributed by atoms with van der Waals surface area (Å²) in [7, 11) is 0. The van der Waals surface area contributed by atoms with Crippen LogP contribution < -0.4 is 0 Å². The van der Waals surface area contributed by atoms with Crippen molar-refractivity contribution in [2.24, 2.45) is 11.8 Å². The molecule has 0 aliphatic heterocycles. The summed E-state index contributed by atoms with van der Waals surface area (Å²) in [6, 6.07) is 0. The molecule has 94 valence electrons. The Kier molecular flexibility index (Phi) is 4.90. The average molecular weight is 232 g/mol. The van der Waals surface area contributed by atoms with Gasteiger partial charge in [-0.25, -0.2) is 8.78 Å². The van der Waals surface area contributed by atoms with Gasteiger partial charge in [0.2, 0.25) is 0 Å². The van der Waals surface area contributed by atoms with E-state index < -0.39 is 12.3 Å². The summed E-state index contributed by atoms with van der Waals surface area (Å²) in [5.41, 5.74) is 1.20. The van der Waals surface area contributed by atoms with Crippen molar-refractivity contribution in [1.82, 2.24) is 0 Å². The molecule has 0 aromatic carbocycles. The zero-order valence-corrected chi connectivity index (χ0v) is 9.89. The van der Waals surface area contributed by atoms with Crippen LogP contribution in [0.2, 0.25) is 0 Å². The highest BCUT2D eigenvalue weighted by atomic mass is 19.2. The summed E-state index contributed by atoms with van der Waals surface area (Å²) >= 11 is 0. The summed E-state index contributed by atoms with van der Waals surface area (Å²) in [5, 5.41) is 0. The van der Waals surface area contributed by atoms with Crippen LogP contribution in [0, 0.1) is 11.8 Å². The van der Waals surface area contributed by atoms with Crippen LogP contribution in [-0.2, 0) is 0 Å². The third kappa shape index (κ3) is 2.62. The van der Waals surface area contributed by atoms with Crippen molar-refractivity contribution in [2.75, 3.05) is 0 Å². The van der Waals surface area contributed by atoms with Crippen molar-refractivity contribution in [3.63, 3.8) is 0 Å². The van der Waals surface area contributed by atoms with Crippen molar-refractivity contribution in [2.45, 2.75) is 57.8 Å². The lowest BCUT2D eigenvalue weighted by Gasteiger charge is -2.35. The van der Waals surface area contributed by atoms with Crippen molar-refractivity contribution in [1.29, 1.82) is 0 Å². The van der Waals surface area contributed by atoms with E-state index in [0.29, 0.717) is 0 Å². The molecule has 0 heterocycles. The van der Waals surface area contributed by atoms with E-state index in [9.17, 15) is 8.78 Å². The minimum absolute atomic E-state index is 0. The maximum absolute atomic E-state index is 13.9. The first-order valence-corrected chi connectivity index (χ1v) is 6.17. The Bertz CT molecular complexity index is 252. The van der Waals surface area contributed by atoms with E-state index in [-0.39, 0.29) is 17.3 Å². The van der Waals surface area contributed by atoms with Gasteiger partial charge in [0, 0.05) is 5.92 Å². The smallest absolute Gasteiger partial charge is 0.138 e. The molecule has 0 aromatic heterocycles. The molecule has 1 saturated carbocycles. The van der Waals surface area contributed by atoms with Gasteiger partial charge in [0.1, 0.15) is 12.3 Å². The Morgan fingerprint density at radius 2 is 1.88 bits per heavy atom. The molecule has 3 heteroatoms. The van der Waals surface area contributed by atoms with Gasteiger partial charge in [0.25, 0.3) is 0 Å². The number of allylic oxidation sites excluding steroid dienone is 2. The molecule has 0 bridgehead atoms. The Morgan fingerprint density at radius 1 is 1.12 bits per heavy atom. The molecule has 2 aliphatic rings. The Hall–Kier alpha value is -0.440. The Labute approximate surface area is 96.2 Å². The quantitative estimate of drug-likeness (QED) is 0.621. The van der Waals surface area contributed by atoms with Gasteiger partial charge >= 0.3 is 0 Å². The summed E-state index contributed by atoms with van der Waals surface area (Å²) in [6.07, 6.45) is 5.76. The molecule has 1 nitrogen and oxygen atoms in total. The topological polar surface area (TPSA) is 31.5 Å². The van der Waals surface area contributed by atoms with E-state index in [1.807, 2.05) is 6.92 Å². The fourth-order valence-electron chi connectivity index (χ4n) is 2.89. The number of rotatable bonds is 1. The standard InChI is InChI=1S/C13H20F2.H2O/c1-9-7-8-11(13(15)12(9)14)10-5-3-2-4-6-10;/h5,9,11-13H,2-4,6-8H2,1H3;1H2. The zero-order chi connectivity index (χ0) is 10.8. The summed E-state index contributed by atoms with van der Waals surface area (Å²) < 4.78 is 27.4. The van der Waals surface area contributed by atoms with Gasteiger partial charge in [-0.15, -0.1) is 0 Å². The normalized spacial score (nSPS) is 39.8. The van der Waals surface area contributed by atoms with Crippen LogP contribution in [0.4, 0.5) is 8.78 Å². The fourth-order valence-corrected chi connectivity index (χ4v) is 2.89. The van der Waals surface area contributed by atoms with E-state index >= 15 is 0 Å². The molecule has 1 fully saturated rings. The highest BCUT2D eigenvalue weighted by Gasteiger charge is 2.39. The second kappa shape index (κ2) is 5.76. The summed E-state index contributed by atoms with van der Waals surface area (Å²) in [5.74, 6) is -0.211. The lowest BCUT2D eigenvalue weighted by molar-refractivity contribution is 0.0412. The van der Waals surface area contributed by atoms with Gasteiger partial charge in [0.05, 0.1) is 0 Å². The third-order valence-corrected chi connectivity index (χ3v) is 3.97. The van der Waals surface area contributed by atoms with E-state index in [0.717, 1.165) is 32.1 Å². The molecule has 0 saturated heterocycles. The summed E-state index contributed by atoms with van der Waals surface area (Å²) in [4.78, 5) is 0. The Balaban J connectivity index is 0.00000128. The minimum Gasteiger partial charge on any atom is -0.412 e. The van der Waals surface area contributed by atoms with Crippen LogP contribution in [-0.4, -0.2) is 17.8 Å². The van der Waals surface area contributed by atoms with Crippen molar-refractivity contribution >= 4 is 0 Å². The van der Waals surface area contributed by atoms with Gasteiger partial charge in [0.15, 0.2) is 0 Å². The van der Waals surface area contributed by atoms with Gasteiger partial charge in [-0.1, -0.05) is 18.6 Å². The van der Waals surface area contributed by atoms with E-state index in [2.05, 4.69) is 6.08 Å². The highest BCUT2D eigenvalue weighted by molar-refractivity contribution is 5.13. The molecule has 16 heavy (non-hydrogen) atoms. The largest absolute Gasteiger partial charge is 0.412 e. The second-order valence-corrected chi connectivity index (χ2v) is 5.07. The molecule has 0 spiro atoms. The van der Waals surface area contributed by atoms with E-state index in [1.54, 1.807) is 0 Å². The first-order chi connectivity index (χ1) is 7.20. The predicted molar refractivity (Wildman–Crippen MR) is 61.8 cm³/mol. The number of hydrogen-bond donors (Lipinski definition) is 0. The number of hydrogen-bond acceptors (Lipinski definition) is 0. The van der Waals surface area contributed by atoms with Gasteiger partial charge in [-0.05, 0) is 44.4 Å². The molecular formula is C13H22F2O. The maximum Gasteiger partial charge on any atom is 0.138 e. The molecule has 2 rings (SSSR count). The van der Waals surface area contributed by atoms with Crippen LogP contribution >= 0.6 is 0 Å². The van der Waals surface area contributed by atoms with Gasteiger partial charge in [-0.2, -0.15) is 0 Å². The molecule has 0 amide bonds. The molecule has 2 aliphatic carbocycles. The molecular weight excluding hydrogens is 210 g/mol. The third-order valence-electron chi connectivity index (χ3n) is 3.97. The van der Waals surface area contributed by atoms with Gasteiger partial charge < -0.3 is 5.48 Å². The first-order valence-electron chi connectivity index (χ1n) is 6.17. The SMILES string of the molecule is CC1CCC(C2=CCCCC2)C(F)C1F.O. The van der Waals surface area contributed by atoms with Crippen molar-refractivity contribution in [3.8, 4) is 0 Å². The van der Waals surface area contributed by atoms with Crippen LogP contribution in [0.3, 0.4) is 0 Å². The molecule has 2 N–H and O–H groups in total. The molecule has 4 unspecified atom stereocenters. The van der Waals surface area contributed by atoms with Crippen LogP contribution in [0.25, 0.3) is 0 Å². The number of halogens is 2. The van der Waals surface area contributed by atoms with Gasteiger partial charge in [-0.3, -0.25) is 0 Å². The van der Waals surface area contributed by atoms with Crippen LogP contribution in [0.5, 0.6) is 0 Å². The van der Waals surface area contributed by atoms with Crippen LogP contribution in [0.15, 0.2) is 11.6 Å². The molecule has 4 atom stereocenters. The number of alkyl halides is 2. The monoisotopic (exact) mass is 232 g/mol. The van der Waals surface area contributed by atoms with Crippen molar-refractivity contribution < 1.29 is 14.3 Å². The van der Waals surface area contributed by atoms with E-state index in [1.165, 1.54) is 12.0 Å². The lowest BCUT2D eigenvalue weighted by Crippen LogP contribution is -2.37. The summed E-state index contributed by atoms with van der Waals surface area (Å²) in [6.45, 7) is 1.82. The highest BCUT2D eigenvalue weighted by Crippen LogP contribution is 2.40. The van der Waals surface area contributed by atoms with E-state index in [4.69, 9.17) is 0 Å². The predicted octanol–water partition coefficient (Wildman–Crippen LogP) is 3.38.